The molecule has 0 radical (unpaired) electrons. The Morgan fingerprint density at radius 1 is 1.06 bits per heavy atom. The minimum atomic E-state index is -0.0869. The number of hydrogen-bond donors (Lipinski definition) is 2. The van der Waals surface area contributed by atoms with Gasteiger partial charge in [0.1, 0.15) is 17.6 Å². The molecule has 0 saturated carbocycles. The lowest BCUT2D eigenvalue weighted by Gasteiger charge is -2.40. The van der Waals surface area contributed by atoms with Gasteiger partial charge in [-0.3, -0.25) is 9.59 Å². The summed E-state index contributed by atoms with van der Waals surface area (Å²) in [5, 5.41) is 5.69. The summed E-state index contributed by atoms with van der Waals surface area (Å²) in [5.74, 6) is 1.62. The van der Waals surface area contributed by atoms with Crippen LogP contribution in [-0.4, -0.2) is 44.2 Å². The van der Waals surface area contributed by atoms with Gasteiger partial charge in [-0.1, -0.05) is 12.1 Å². The normalized spacial score (nSPS) is 14.3. The molecule has 1 atom stereocenters. The Morgan fingerprint density at radius 3 is 2.34 bits per heavy atom. The molecule has 0 unspecified atom stereocenters. The molecule has 0 aliphatic carbocycles. The van der Waals surface area contributed by atoms with E-state index in [1.165, 1.54) is 12.6 Å². The largest absolute Gasteiger partial charge is 0.494 e. The van der Waals surface area contributed by atoms with Crippen molar-refractivity contribution in [2.75, 3.05) is 31.1 Å². The van der Waals surface area contributed by atoms with Crippen molar-refractivity contribution in [1.82, 2.24) is 10.6 Å². The first-order valence-electron chi connectivity index (χ1n) is 11.2. The van der Waals surface area contributed by atoms with Crippen LogP contribution in [0.25, 0.3) is 0 Å². The zero-order valence-corrected chi connectivity index (χ0v) is 19.1. The second-order valence-corrected chi connectivity index (χ2v) is 8.02. The highest BCUT2D eigenvalue weighted by molar-refractivity contribution is 5.76. The van der Waals surface area contributed by atoms with Crippen molar-refractivity contribution in [1.29, 1.82) is 0 Å². The third-order valence-electron chi connectivity index (χ3n) is 5.38. The molecule has 1 heterocycles. The van der Waals surface area contributed by atoms with E-state index < -0.39 is 0 Å². The van der Waals surface area contributed by atoms with Gasteiger partial charge in [-0.2, -0.15) is 0 Å². The van der Waals surface area contributed by atoms with Crippen molar-refractivity contribution in [2.24, 2.45) is 0 Å². The molecular weight excluding hydrogens is 406 g/mol. The van der Waals surface area contributed by atoms with E-state index in [2.05, 4.69) is 27.7 Å². The summed E-state index contributed by atoms with van der Waals surface area (Å²) in [6, 6.07) is 15.9. The lowest BCUT2D eigenvalue weighted by atomic mass is 10.1. The minimum absolute atomic E-state index is 0.0213. The highest BCUT2D eigenvalue weighted by Crippen LogP contribution is 2.27. The van der Waals surface area contributed by atoms with Crippen molar-refractivity contribution in [3.8, 4) is 11.5 Å². The second-order valence-electron chi connectivity index (χ2n) is 8.02. The van der Waals surface area contributed by atoms with Crippen LogP contribution < -0.4 is 25.0 Å². The molecule has 1 aliphatic rings. The van der Waals surface area contributed by atoms with Crippen LogP contribution in [0.2, 0.25) is 0 Å². The number of hydrogen-bond acceptors (Lipinski definition) is 5. The van der Waals surface area contributed by atoms with Gasteiger partial charge in [0, 0.05) is 25.6 Å². The first kappa shape index (κ1) is 23.4. The van der Waals surface area contributed by atoms with Crippen molar-refractivity contribution in [3.63, 3.8) is 0 Å². The van der Waals surface area contributed by atoms with E-state index in [-0.39, 0.29) is 24.0 Å². The summed E-state index contributed by atoms with van der Waals surface area (Å²) in [4.78, 5) is 25.2. The Bertz CT molecular complexity index is 877. The number of nitrogens with zero attached hydrogens (tertiary/aromatic N) is 1. The van der Waals surface area contributed by atoms with Gasteiger partial charge in [-0.25, -0.2) is 0 Å². The molecule has 0 bridgehead atoms. The maximum atomic E-state index is 12.1. The summed E-state index contributed by atoms with van der Waals surface area (Å²) in [7, 11) is 0. The van der Waals surface area contributed by atoms with Crippen LogP contribution >= 0.6 is 0 Å². The third-order valence-corrected chi connectivity index (χ3v) is 5.38. The number of carbonyl (C=O) groups is 2. The van der Waals surface area contributed by atoms with E-state index in [4.69, 9.17) is 9.47 Å². The average Bonchev–Trinajstić information content (AvgIpc) is 2.75. The monoisotopic (exact) mass is 439 g/mol. The number of amides is 2. The molecule has 7 nitrogen and oxygen atoms in total. The summed E-state index contributed by atoms with van der Waals surface area (Å²) < 4.78 is 11.6. The Balaban J connectivity index is 1.39. The molecule has 1 aliphatic heterocycles. The fraction of sp³-hybridized carbons (Fsp3) is 0.440. The molecule has 0 aromatic heterocycles. The summed E-state index contributed by atoms with van der Waals surface area (Å²) in [5.41, 5.74) is 2.20. The number of nitrogens with one attached hydrogen (secondary N) is 2. The molecule has 3 rings (SSSR count). The summed E-state index contributed by atoms with van der Waals surface area (Å²) >= 11 is 0. The van der Waals surface area contributed by atoms with Crippen LogP contribution in [0.1, 0.15) is 45.2 Å². The predicted octanol–water partition coefficient (Wildman–Crippen LogP) is 3.45. The van der Waals surface area contributed by atoms with Crippen LogP contribution in [-0.2, 0) is 9.59 Å². The van der Waals surface area contributed by atoms with Gasteiger partial charge in [-0.15, -0.1) is 0 Å². The standard InChI is InChI=1S/C25H33N3O4/c1-4-31-22-13-9-21(10-14-22)28-16-24(17-28)32-23-11-7-20(8-12-23)18(2)27-25(30)6-5-15-26-19(3)29/h7-14,18,24H,4-6,15-17H2,1-3H3,(H,26,29)(H,27,30)/t18-/m0/s1. The number of ether oxygens (including phenoxy) is 2. The van der Waals surface area contributed by atoms with Crippen molar-refractivity contribution in [3.05, 3.63) is 54.1 Å². The van der Waals surface area contributed by atoms with Gasteiger partial charge >= 0.3 is 0 Å². The Labute approximate surface area is 190 Å². The zero-order valence-electron chi connectivity index (χ0n) is 19.1. The molecule has 172 valence electrons. The van der Waals surface area contributed by atoms with Crippen molar-refractivity contribution >= 4 is 17.5 Å². The van der Waals surface area contributed by atoms with Gasteiger partial charge in [0.15, 0.2) is 0 Å². The zero-order chi connectivity index (χ0) is 22.9. The first-order chi connectivity index (χ1) is 15.4. The van der Waals surface area contributed by atoms with Gasteiger partial charge in [-0.05, 0) is 62.2 Å². The number of benzene rings is 2. The molecule has 1 saturated heterocycles. The molecule has 1 fully saturated rings. The fourth-order valence-electron chi connectivity index (χ4n) is 3.58. The van der Waals surface area contributed by atoms with Gasteiger partial charge < -0.3 is 25.0 Å². The van der Waals surface area contributed by atoms with E-state index in [9.17, 15) is 9.59 Å². The van der Waals surface area contributed by atoms with Crippen LogP contribution in [0.5, 0.6) is 11.5 Å². The smallest absolute Gasteiger partial charge is 0.220 e. The maximum absolute atomic E-state index is 12.1. The van der Waals surface area contributed by atoms with Crippen LogP contribution in [0, 0.1) is 0 Å². The van der Waals surface area contributed by atoms with Crippen LogP contribution in [0.3, 0.4) is 0 Å². The topological polar surface area (TPSA) is 79.9 Å². The van der Waals surface area contributed by atoms with Gasteiger partial charge in [0.05, 0.1) is 25.7 Å². The number of anilines is 1. The minimum Gasteiger partial charge on any atom is -0.494 e. The van der Waals surface area contributed by atoms with Crippen molar-refractivity contribution in [2.45, 2.75) is 45.8 Å². The Morgan fingerprint density at radius 2 is 1.72 bits per heavy atom. The lowest BCUT2D eigenvalue weighted by molar-refractivity contribution is -0.122. The quantitative estimate of drug-likeness (QED) is 0.524. The van der Waals surface area contributed by atoms with Gasteiger partial charge in [0.25, 0.3) is 0 Å². The highest BCUT2D eigenvalue weighted by atomic mass is 16.5. The third kappa shape index (κ3) is 6.90. The predicted molar refractivity (Wildman–Crippen MR) is 125 cm³/mol. The summed E-state index contributed by atoms with van der Waals surface area (Å²) in [6.45, 7) is 8.29. The van der Waals surface area contributed by atoms with E-state index in [0.29, 0.717) is 26.0 Å². The van der Waals surface area contributed by atoms with E-state index in [1.54, 1.807) is 0 Å². The summed E-state index contributed by atoms with van der Waals surface area (Å²) in [6.07, 6.45) is 1.17. The molecule has 0 spiro atoms. The molecular formula is C25H33N3O4. The molecule has 2 aromatic carbocycles. The highest BCUT2D eigenvalue weighted by Gasteiger charge is 2.28. The van der Waals surface area contributed by atoms with E-state index in [1.807, 2.05) is 50.2 Å². The number of rotatable bonds is 11. The molecule has 2 N–H and O–H groups in total. The maximum Gasteiger partial charge on any atom is 0.220 e. The molecule has 7 heteroatoms. The van der Waals surface area contributed by atoms with E-state index >= 15 is 0 Å². The Kier molecular flexibility index (Phi) is 8.36. The van der Waals surface area contributed by atoms with Crippen molar-refractivity contribution < 1.29 is 19.1 Å². The van der Waals surface area contributed by atoms with Crippen LogP contribution in [0.4, 0.5) is 5.69 Å². The fourth-order valence-corrected chi connectivity index (χ4v) is 3.58. The molecule has 2 amide bonds. The first-order valence-corrected chi connectivity index (χ1v) is 11.2. The average molecular weight is 440 g/mol. The second kappa shape index (κ2) is 11.4. The number of carbonyl (C=O) groups excluding carboxylic acids is 2. The SMILES string of the molecule is CCOc1ccc(N2CC(Oc3ccc([C@H](C)NC(=O)CCCNC(C)=O)cc3)C2)cc1. The molecule has 32 heavy (non-hydrogen) atoms. The van der Waals surface area contributed by atoms with E-state index in [0.717, 1.165) is 30.2 Å². The Hall–Kier alpha value is -3.22. The van der Waals surface area contributed by atoms with Gasteiger partial charge in [0.2, 0.25) is 11.8 Å². The van der Waals surface area contributed by atoms with Crippen LogP contribution in [0.15, 0.2) is 48.5 Å². The lowest BCUT2D eigenvalue weighted by Crippen LogP contribution is -2.54. The molecule has 2 aromatic rings.